The van der Waals surface area contributed by atoms with Crippen molar-refractivity contribution < 1.29 is 4.74 Å². The Bertz CT molecular complexity index is 342. The van der Waals surface area contributed by atoms with E-state index < -0.39 is 0 Å². The van der Waals surface area contributed by atoms with Crippen LogP contribution in [0.3, 0.4) is 0 Å². The van der Waals surface area contributed by atoms with Gasteiger partial charge in [0.05, 0.1) is 6.61 Å². The number of aromatic nitrogens is 1. The first-order valence-corrected chi connectivity index (χ1v) is 6.07. The second kappa shape index (κ2) is 5.14. The van der Waals surface area contributed by atoms with E-state index in [-0.39, 0.29) is 0 Å². The van der Waals surface area contributed by atoms with E-state index in [1.807, 2.05) is 0 Å². The first kappa shape index (κ1) is 11.2. The van der Waals surface area contributed by atoms with E-state index in [9.17, 15) is 0 Å². The average molecular weight is 292 g/mol. The van der Waals surface area contributed by atoms with Crippen LogP contribution in [0, 0.1) is 5.92 Å². The summed E-state index contributed by atoms with van der Waals surface area (Å²) in [6.45, 7) is 2.78. The molecule has 1 N–H and O–H groups in total. The summed E-state index contributed by atoms with van der Waals surface area (Å²) in [6, 6.07) is 1.79. The van der Waals surface area contributed by atoms with Gasteiger partial charge in [0.1, 0.15) is 5.02 Å². The zero-order valence-corrected chi connectivity index (χ0v) is 10.5. The molecule has 0 radical (unpaired) electrons. The molecule has 3 nitrogen and oxygen atoms in total. The molecule has 1 saturated heterocycles. The highest BCUT2D eigenvalue weighted by Gasteiger charge is 2.15. The highest BCUT2D eigenvalue weighted by molar-refractivity contribution is 9.10. The second-order valence-electron chi connectivity index (χ2n) is 3.61. The van der Waals surface area contributed by atoms with Crippen molar-refractivity contribution in [3.05, 3.63) is 21.8 Å². The third-order valence-electron chi connectivity index (χ3n) is 2.39. The van der Waals surface area contributed by atoms with Crippen molar-refractivity contribution in [2.75, 3.05) is 19.7 Å². The molecule has 1 aromatic rings. The molecule has 0 saturated carbocycles. The fourth-order valence-corrected chi connectivity index (χ4v) is 2.25. The third-order valence-corrected chi connectivity index (χ3v) is 3.10. The first-order valence-electron chi connectivity index (χ1n) is 4.90. The van der Waals surface area contributed by atoms with Crippen LogP contribution in [0.15, 0.2) is 16.7 Å². The summed E-state index contributed by atoms with van der Waals surface area (Å²) in [7, 11) is 0. The maximum atomic E-state index is 5.98. The number of pyridine rings is 1. The summed E-state index contributed by atoms with van der Waals surface area (Å²) in [6.07, 6.45) is 2.85. The molecule has 2 heterocycles. The van der Waals surface area contributed by atoms with Crippen LogP contribution in [0.2, 0.25) is 5.02 Å². The third kappa shape index (κ3) is 3.06. The van der Waals surface area contributed by atoms with Gasteiger partial charge in [0, 0.05) is 23.1 Å². The zero-order chi connectivity index (χ0) is 10.7. The number of nitrogens with one attached hydrogen (secondary N) is 1. The Hall–Kier alpha value is -0.320. The van der Waals surface area contributed by atoms with Crippen molar-refractivity contribution in [1.29, 1.82) is 0 Å². The normalized spacial score (nSPS) is 20.5. The smallest absolute Gasteiger partial charge is 0.232 e. The molecule has 0 amide bonds. The molecule has 1 fully saturated rings. The lowest BCUT2D eigenvalue weighted by Crippen LogP contribution is -2.16. The van der Waals surface area contributed by atoms with Crippen molar-refractivity contribution in [1.82, 2.24) is 10.3 Å². The number of rotatable bonds is 3. The summed E-state index contributed by atoms with van der Waals surface area (Å²) >= 11 is 9.28. The summed E-state index contributed by atoms with van der Waals surface area (Å²) in [5.41, 5.74) is 0. The Morgan fingerprint density at radius 1 is 1.67 bits per heavy atom. The van der Waals surface area contributed by atoms with Crippen molar-refractivity contribution in [2.45, 2.75) is 6.42 Å². The van der Waals surface area contributed by atoms with Crippen molar-refractivity contribution in [3.63, 3.8) is 0 Å². The molecule has 1 aliphatic heterocycles. The Morgan fingerprint density at radius 2 is 2.53 bits per heavy atom. The van der Waals surface area contributed by atoms with Crippen LogP contribution in [0.1, 0.15) is 6.42 Å². The van der Waals surface area contributed by atoms with Gasteiger partial charge in [0.25, 0.3) is 0 Å². The molecule has 1 aliphatic rings. The molecule has 82 valence electrons. The largest absolute Gasteiger partial charge is 0.476 e. The molecule has 1 unspecified atom stereocenters. The van der Waals surface area contributed by atoms with E-state index in [1.54, 1.807) is 12.3 Å². The molecule has 0 aliphatic carbocycles. The molecule has 1 atom stereocenters. The van der Waals surface area contributed by atoms with E-state index in [0.717, 1.165) is 24.0 Å². The highest BCUT2D eigenvalue weighted by atomic mass is 79.9. The fraction of sp³-hybridized carbons (Fsp3) is 0.500. The van der Waals surface area contributed by atoms with Gasteiger partial charge in [-0.3, -0.25) is 0 Å². The minimum Gasteiger partial charge on any atom is -0.476 e. The predicted molar refractivity (Wildman–Crippen MR) is 63.4 cm³/mol. The van der Waals surface area contributed by atoms with Crippen LogP contribution in [0.25, 0.3) is 0 Å². The molecule has 5 heteroatoms. The standard InChI is InChI=1S/C10H12BrClN2O/c11-8-3-9(12)10(14-5-8)15-6-7-1-2-13-4-7/h3,5,7,13H,1-2,4,6H2. The summed E-state index contributed by atoms with van der Waals surface area (Å²) < 4.78 is 6.44. The van der Waals surface area contributed by atoms with Crippen LogP contribution in [0.5, 0.6) is 5.88 Å². The van der Waals surface area contributed by atoms with Crippen LogP contribution in [0.4, 0.5) is 0 Å². The van der Waals surface area contributed by atoms with Gasteiger partial charge in [0.2, 0.25) is 5.88 Å². The summed E-state index contributed by atoms with van der Waals surface area (Å²) in [5, 5.41) is 3.84. The Labute approximate surface area is 102 Å². The van der Waals surface area contributed by atoms with Gasteiger partial charge in [-0.2, -0.15) is 0 Å². The number of nitrogens with zero attached hydrogens (tertiary/aromatic N) is 1. The van der Waals surface area contributed by atoms with E-state index in [4.69, 9.17) is 16.3 Å². The molecule has 0 aromatic carbocycles. The van der Waals surface area contributed by atoms with Gasteiger partial charge in [-0.15, -0.1) is 0 Å². The van der Waals surface area contributed by atoms with Gasteiger partial charge < -0.3 is 10.1 Å². The number of halogens is 2. The molecular formula is C10H12BrClN2O. The lowest BCUT2D eigenvalue weighted by molar-refractivity contribution is 0.251. The lowest BCUT2D eigenvalue weighted by atomic mass is 10.1. The Balaban J connectivity index is 1.92. The van der Waals surface area contributed by atoms with Crippen LogP contribution >= 0.6 is 27.5 Å². The minimum atomic E-state index is 0.520. The fourth-order valence-electron chi connectivity index (χ4n) is 1.56. The van der Waals surface area contributed by atoms with Gasteiger partial charge >= 0.3 is 0 Å². The maximum absolute atomic E-state index is 5.98. The summed E-state index contributed by atoms with van der Waals surface area (Å²) in [5.74, 6) is 1.10. The topological polar surface area (TPSA) is 34.1 Å². The quantitative estimate of drug-likeness (QED) is 0.929. The van der Waals surface area contributed by atoms with Crippen LogP contribution in [-0.2, 0) is 0 Å². The lowest BCUT2D eigenvalue weighted by Gasteiger charge is -2.10. The molecule has 2 rings (SSSR count). The highest BCUT2D eigenvalue weighted by Crippen LogP contribution is 2.25. The van der Waals surface area contributed by atoms with Crippen LogP contribution < -0.4 is 10.1 Å². The molecule has 1 aromatic heterocycles. The van der Waals surface area contributed by atoms with Crippen molar-refractivity contribution in [2.24, 2.45) is 5.92 Å². The maximum Gasteiger partial charge on any atom is 0.232 e. The van der Waals surface area contributed by atoms with E-state index in [2.05, 4.69) is 26.2 Å². The molecular weight excluding hydrogens is 279 g/mol. The van der Waals surface area contributed by atoms with Crippen molar-refractivity contribution in [3.8, 4) is 5.88 Å². The minimum absolute atomic E-state index is 0.520. The summed E-state index contributed by atoms with van der Waals surface area (Å²) in [4.78, 5) is 4.12. The molecule has 0 bridgehead atoms. The first-order chi connectivity index (χ1) is 7.25. The number of ether oxygens (including phenoxy) is 1. The predicted octanol–water partition coefficient (Wildman–Crippen LogP) is 2.49. The Morgan fingerprint density at radius 3 is 3.20 bits per heavy atom. The van der Waals surface area contributed by atoms with Gasteiger partial charge in [-0.25, -0.2) is 4.98 Å². The van der Waals surface area contributed by atoms with Crippen molar-refractivity contribution >= 4 is 27.5 Å². The van der Waals surface area contributed by atoms with Gasteiger partial charge in [-0.05, 0) is 35.0 Å². The SMILES string of the molecule is Clc1cc(Br)cnc1OCC1CCNC1. The Kier molecular flexibility index (Phi) is 3.83. The number of hydrogen-bond donors (Lipinski definition) is 1. The molecule has 0 spiro atoms. The second-order valence-corrected chi connectivity index (χ2v) is 4.93. The van der Waals surface area contributed by atoms with E-state index in [0.29, 0.717) is 23.4 Å². The number of hydrogen-bond acceptors (Lipinski definition) is 3. The van der Waals surface area contributed by atoms with Crippen LogP contribution in [-0.4, -0.2) is 24.7 Å². The zero-order valence-electron chi connectivity index (χ0n) is 8.17. The van der Waals surface area contributed by atoms with E-state index in [1.165, 1.54) is 0 Å². The monoisotopic (exact) mass is 290 g/mol. The van der Waals surface area contributed by atoms with Gasteiger partial charge in [0.15, 0.2) is 0 Å². The average Bonchev–Trinajstić information content (AvgIpc) is 2.69. The van der Waals surface area contributed by atoms with E-state index >= 15 is 0 Å². The van der Waals surface area contributed by atoms with Gasteiger partial charge in [-0.1, -0.05) is 11.6 Å². The molecule has 15 heavy (non-hydrogen) atoms.